The number of benzene rings is 1. The van der Waals surface area contributed by atoms with Gasteiger partial charge in [0.05, 0.1) is 12.0 Å². The Morgan fingerprint density at radius 3 is 2.82 bits per heavy atom. The Hall–Kier alpha value is -2.43. The molecule has 17 heavy (non-hydrogen) atoms. The summed E-state index contributed by atoms with van der Waals surface area (Å²) in [7, 11) is 0. The third kappa shape index (κ3) is 2.78. The highest BCUT2D eigenvalue weighted by Gasteiger charge is 2.07. The van der Waals surface area contributed by atoms with Crippen LogP contribution < -0.4 is 10.6 Å². The average molecular weight is 232 g/mol. The molecule has 0 aliphatic heterocycles. The van der Waals surface area contributed by atoms with Gasteiger partial charge in [-0.1, -0.05) is 6.07 Å². The number of phenolic OH excluding ortho intramolecular Hbond substituents is 1. The molecule has 0 fully saturated rings. The Labute approximate surface area is 98.1 Å². The van der Waals surface area contributed by atoms with Crippen molar-refractivity contribution in [3.05, 3.63) is 42.2 Å². The Kier molecular flexibility index (Phi) is 3.00. The predicted molar refractivity (Wildman–Crippen MR) is 64.2 cm³/mol. The van der Waals surface area contributed by atoms with E-state index in [1.165, 1.54) is 12.3 Å². The van der Waals surface area contributed by atoms with E-state index < -0.39 is 6.03 Å². The number of urea groups is 1. The number of phenols is 1. The molecule has 2 amide bonds. The molecule has 0 atom stereocenters. The van der Waals surface area contributed by atoms with Gasteiger partial charge in [-0.05, 0) is 30.7 Å². The van der Waals surface area contributed by atoms with Crippen LogP contribution in [-0.2, 0) is 0 Å². The van der Waals surface area contributed by atoms with Crippen LogP contribution in [0.1, 0.15) is 5.56 Å². The Morgan fingerprint density at radius 1 is 1.29 bits per heavy atom. The smallest absolute Gasteiger partial charge is 0.326 e. The lowest BCUT2D eigenvalue weighted by Crippen LogP contribution is -2.19. The first kappa shape index (κ1) is 11.1. The highest BCUT2D eigenvalue weighted by Crippen LogP contribution is 2.23. The Morgan fingerprint density at radius 2 is 2.12 bits per heavy atom. The van der Waals surface area contributed by atoms with Crippen molar-refractivity contribution in [1.82, 2.24) is 0 Å². The zero-order valence-electron chi connectivity index (χ0n) is 9.23. The molecule has 0 saturated carbocycles. The topological polar surface area (TPSA) is 74.5 Å². The van der Waals surface area contributed by atoms with Gasteiger partial charge < -0.3 is 14.8 Å². The first-order valence-corrected chi connectivity index (χ1v) is 5.06. The molecule has 0 aliphatic carbocycles. The Bertz CT molecular complexity index is 521. The van der Waals surface area contributed by atoms with Crippen LogP contribution in [0.25, 0.3) is 0 Å². The zero-order valence-corrected chi connectivity index (χ0v) is 9.23. The summed E-state index contributed by atoms with van der Waals surface area (Å²) in [5, 5.41) is 14.6. The first-order chi connectivity index (χ1) is 8.15. The summed E-state index contributed by atoms with van der Waals surface area (Å²) in [6.07, 6.45) is 1.46. The second kappa shape index (κ2) is 4.61. The molecule has 0 aliphatic rings. The SMILES string of the molecule is Cc1ccc(O)c(NC(=O)Nc2ccco2)c1. The van der Waals surface area contributed by atoms with Crippen molar-refractivity contribution >= 4 is 17.6 Å². The number of anilines is 2. The fraction of sp³-hybridized carbons (Fsp3) is 0.0833. The number of nitrogens with one attached hydrogen (secondary N) is 2. The molecule has 1 heterocycles. The van der Waals surface area contributed by atoms with Gasteiger partial charge in [0.25, 0.3) is 0 Å². The summed E-state index contributed by atoms with van der Waals surface area (Å²) >= 11 is 0. The van der Waals surface area contributed by atoms with Crippen LogP contribution in [0.15, 0.2) is 41.0 Å². The van der Waals surface area contributed by atoms with Gasteiger partial charge in [0.2, 0.25) is 5.88 Å². The van der Waals surface area contributed by atoms with Gasteiger partial charge >= 0.3 is 6.03 Å². The molecular weight excluding hydrogens is 220 g/mol. The number of carbonyl (C=O) groups is 1. The molecule has 0 radical (unpaired) electrons. The quantitative estimate of drug-likeness (QED) is 0.697. The number of hydrogen-bond donors (Lipinski definition) is 3. The molecule has 3 N–H and O–H groups in total. The van der Waals surface area contributed by atoms with Gasteiger partial charge in [0.1, 0.15) is 5.75 Å². The van der Waals surface area contributed by atoms with Gasteiger partial charge in [-0.3, -0.25) is 5.32 Å². The predicted octanol–water partition coefficient (Wildman–Crippen LogP) is 2.94. The van der Waals surface area contributed by atoms with Crippen molar-refractivity contribution < 1.29 is 14.3 Å². The van der Waals surface area contributed by atoms with Crippen molar-refractivity contribution in [1.29, 1.82) is 0 Å². The summed E-state index contributed by atoms with van der Waals surface area (Å²) in [6, 6.07) is 7.77. The van der Waals surface area contributed by atoms with E-state index in [0.29, 0.717) is 11.6 Å². The summed E-state index contributed by atoms with van der Waals surface area (Å²) in [5.74, 6) is 0.361. The van der Waals surface area contributed by atoms with Gasteiger partial charge in [0.15, 0.2) is 0 Å². The molecule has 0 unspecified atom stereocenters. The van der Waals surface area contributed by atoms with Crippen LogP contribution >= 0.6 is 0 Å². The second-order valence-electron chi connectivity index (χ2n) is 3.58. The number of furan rings is 1. The van der Waals surface area contributed by atoms with E-state index in [-0.39, 0.29) is 5.75 Å². The largest absolute Gasteiger partial charge is 0.506 e. The average Bonchev–Trinajstić information content (AvgIpc) is 2.76. The van der Waals surface area contributed by atoms with Crippen molar-refractivity contribution in [2.75, 3.05) is 10.6 Å². The summed E-state index contributed by atoms with van der Waals surface area (Å²) in [4.78, 5) is 11.6. The van der Waals surface area contributed by atoms with Crippen molar-refractivity contribution in [3.63, 3.8) is 0 Å². The van der Waals surface area contributed by atoms with E-state index in [1.807, 2.05) is 6.92 Å². The van der Waals surface area contributed by atoms with E-state index >= 15 is 0 Å². The van der Waals surface area contributed by atoms with Crippen LogP contribution in [-0.4, -0.2) is 11.1 Å². The maximum Gasteiger partial charge on any atom is 0.326 e. The van der Waals surface area contributed by atoms with Crippen LogP contribution in [0.2, 0.25) is 0 Å². The molecule has 1 aromatic heterocycles. The van der Waals surface area contributed by atoms with Gasteiger partial charge in [-0.15, -0.1) is 0 Å². The minimum Gasteiger partial charge on any atom is -0.506 e. The zero-order chi connectivity index (χ0) is 12.3. The molecule has 2 aromatic rings. The lowest BCUT2D eigenvalue weighted by atomic mass is 10.2. The summed E-state index contributed by atoms with van der Waals surface area (Å²) in [5.41, 5.74) is 1.30. The normalized spacial score (nSPS) is 9.94. The molecule has 88 valence electrons. The minimum absolute atomic E-state index is 0.0187. The number of hydrogen-bond acceptors (Lipinski definition) is 3. The van der Waals surface area contributed by atoms with Gasteiger partial charge in [-0.25, -0.2) is 4.79 Å². The van der Waals surface area contributed by atoms with E-state index in [4.69, 9.17) is 4.42 Å². The molecule has 5 nitrogen and oxygen atoms in total. The number of aromatic hydroxyl groups is 1. The fourth-order valence-corrected chi connectivity index (χ4v) is 1.37. The van der Waals surface area contributed by atoms with Crippen molar-refractivity contribution in [2.45, 2.75) is 6.92 Å². The van der Waals surface area contributed by atoms with Gasteiger partial charge in [0, 0.05) is 6.07 Å². The molecule has 5 heteroatoms. The highest BCUT2D eigenvalue weighted by molar-refractivity contribution is 5.99. The number of aryl methyl sites for hydroxylation is 1. The third-order valence-electron chi connectivity index (χ3n) is 2.16. The molecular formula is C12H12N2O3. The third-order valence-corrected chi connectivity index (χ3v) is 2.16. The Balaban J connectivity index is 2.05. The summed E-state index contributed by atoms with van der Waals surface area (Å²) < 4.78 is 4.96. The summed E-state index contributed by atoms with van der Waals surface area (Å²) in [6.45, 7) is 1.87. The minimum atomic E-state index is -0.471. The van der Waals surface area contributed by atoms with Crippen LogP contribution in [0, 0.1) is 6.92 Å². The first-order valence-electron chi connectivity index (χ1n) is 5.06. The monoisotopic (exact) mass is 232 g/mol. The highest BCUT2D eigenvalue weighted by atomic mass is 16.3. The van der Waals surface area contributed by atoms with E-state index in [2.05, 4.69) is 10.6 Å². The lowest BCUT2D eigenvalue weighted by molar-refractivity contribution is 0.261. The van der Waals surface area contributed by atoms with Crippen LogP contribution in [0.4, 0.5) is 16.4 Å². The maximum atomic E-state index is 11.6. The van der Waals surface area contributed by atoms with Crippen LogP contribution in [0.3, 0.4) is 0 Å². The molecule has 1 aromatic carbocycles. The number of carbonyl (C=O) groups excluding carboxylic acids is 1. The second-order valence-corrected chi connectivity index (χ2v) is 3.58. The lowest BCUT2D eigenvalue weighted by Gasteiger charge is -2.08. The molecule has 0 saturated heterocycles. The van der Waals surface area contributed by atoms with E-state index in [9.17, 15) is 9.90 Å². The van der Waals surface area contributed by atoms with Gasteiger partial charge in [-0.2, -0.15) is 0 Å². The number of amides is 2. The molecule has 0 bridgehead atoms. The molecule has 0 spiro atoms. The number of rotatable bonds is 2. The van der Waals surface area contributed by atoms with Crippen molar-refractivity contribution in [2.24, 2.45) is 0 Å². The fourth-order valence-electron chi connectivity index (χ4n) is 1.37. The van der Waals surface area contributed by atoms with E-state index in [0.717, 1.165) is 5.56 Å². The standard InChI is InChI=1S/C12H12N2O3/c1-8-4-5-10(15)9(7-8)13-12(16)14-11-3-2-6-17-11/h2-7,15H,1H3,(H2,13,14,16). The van der Waals surface area contributed by atoms with E-state index in [1.54, 1.807) is 24.3 Å². The van der Waals surface area contributed by atoms with Crippen LogP contribution in [0.5, 0.6) is 5.75 Å². The molecule has 2 rings (SSSR count). The van der Waals surface area contributed by atoms with Crippen molar-refractivity contribution in [3.8, 4) is 5.75 Å². The maximum absolute atomic E-state index is 11.6.